The molecule has 3 fully saturated rings. The van der Waals surface area contributed by atoms with Crippen LogP contribution in [0.3, 0.4) is 0 Å². The van der Waals surface area contributed by atoms with Crippen molar-refractivity contribution < 1.29 is 37.1 Å². The van der Waals surface area contributed by atoms with Gasteiger partial charge in [0.15, 0.2) is 6.61 Å². The standard InChI is InChI=1S/C25H19Cl2F3N2O5/c26-20-15-9-16(21(20)27)19-18(15)22(34)32(23(19)35)14-6-4-11(5-7-14)24(36)37-10-17(33)31-13-3-1-2-12(8-13)25(28,29)30/h1-8,15-16,18-21H,9-10H2,(H,31,33)/t15-,16-,18-,19-,20+,21+/m1/s1. The molecular weight excluding hydrogens is 536 g/mol. The van der Waals surface area contributed by atoms with Crippen LogP contribution < -0.4 is 10.2 Å². The fourth-order valence-electron chi connectivity index (χ4n) is 5.53. The van der Waals surface area contributed by atoms with Crippen molar-refractivity contribution in [3.05, 3.63) is 59.7 Å². The molecule has 0 aromatic heterocycles. The Labute approximate surface area is 218 Å². The maximum Gasteiger partial charge on any atom is 0.416 e. The van der Waals surface area contributed by atoms with Gasteiger partial charge in [-0.2, -0.15) is 13.2 Å². The van der Waals surface area contributed by atoms with E-state index in [1.54, 1.807) is 0 Å². The van der Waals surface area contributed by atoms with Gasteiger partial charge >= 0.3 is 12.1 Å². The third-order valence-corrected chi connectivity index (χ3v) is 8.48. The number of carbonyl (C=O) groups excluding carboxylic acids is 4. The lowest BCUT2D eigenvalue weighted by atomic mass is 9.80. The summed E-state index contributed by atoms with van der Waals surface area (Å²) >= 11 is 12.7. The zero-order chi connectivity index (χ0) is 26.6. The third kappa shape index (κ3) is 4.46. The number of esters is 1. The van der Waals surface area contributed by atoms with Crippen LogP contribution in [0.4, 0.5) is 24.5 Å². The molecule has 1 heterocycles. The second kappa shape index (κ2) is 9.33. The van der Waals surface area contributed by atoms with E-state index in [4.69, 9.17) is 27.9 Å². The Balaban J connectivity index is 1.20. The summed E-state index contributed by atoms with van der Waals surface area (Å²) in [6.45, 7) is -0.731. The molecule has 3 amide bonds. The molecule has 1 N–H and O–H groups in total. The normalized spacial score (nSPS) is 28.4. The monoisotopic (exact) mass is 554 g/mol. The van der Waals surface area contributed by atoms with Gasteiger partial charge in [-0.05, 0) is 60.7 Å². The van der Waals surface area contributed by atoms with Crippen LogP contribution in [-0.2, 0) is 25.3 Å². The van der Waals surface area contributed by atoms with Gasteiger partial charge in [-0.1, -0.05) is 6.07 Å². The van der Waals surface area contributed by atoms with Gasteiger partial charge in [0, 0.05) is 5.69 Å². The van der Waals surface area contributed by atoms with Crippen LogP contribution in [0.2, 0.25) is 0 Å². The van der Waals surface area contributed by atoms with Crippen molar-refractivity contribution in [1.82, 2.24) is 0 Å². The summed E-state index contributed by atoms with van der Waals surface area (Å²) in [4.78, 5) is 51.6. The summed E-state index contributed by atoms with van der Waals surface area (Å²) < 4.78 is 43.4. The molecular formula is C25H19Cl2F3N2O5. The fraction of sp³-hybridized carbons (Fsp3) is 0.360. The number of fused-ring (bicyclic) bond motifs is 5. The van der Waals surface area contributed by atoms with Crippen LogP contribution in [0.5, 0.6) is 0 Å². The van der Waals surface area contributed by atoms with E-state index in [0.29, 0.717) is 12.1 Å². The second-order valence-electron chi connectivity index (χ2n) is 9.27. The van der Waals surface area contributed by atoms with Crippen molar-refractivity contribution in [3.63, 3.8) is 0 Å². The number of halogens is 5. The maximum absolute atomic E-state index is 13.1. The van der Waals surface area contributed by atoms with Gasteiger partial charge in [0.05, 0.1) is 39.4 Å². The zero-order valence-electron chi connectivity index (χ0n) is 18.9. The summed E-state index contributed by atoms with van der Waals surface area (Å²) in [5.41, 5.74) is -0.686. The van der Waals surface area contributed by atoms with Gasteiger partial charge in [-0.3, -0.25) is 19.3 Å². The van der Waals surface area contributed by atoms with Crippen molar-refractivity contribution in [1.29, 1.82) is 0 Å². The number of rotatable bonds is 5. The van der Waals surface area contributed by atoms with Crippen LogP contribution in [0, 0.1) is 23.7 Å². The summed E-state index contributed by atoms with van der Waals surface area (Å²) in [6.07, 6.45) is -3.92. The van der Waals surface area contributed by atoms with Gasteiger partial charge in [0.25, 0.3) is 5.91 Å². The maximum atomic E-state index is 13.1. The lowest BCUT2D eigenvalue weighted by molar-refractivity contribution is -0.137. The largest absolute Gasteiger partial charge is 0.452 e. The van der Waals surface area contributed by atoms with E-state index >= 15 is 0 Å². The Morgan fingerprint density at radius 1 is 0.973 bits per heavy atom. The minimum Gasteiger partial charge on any atom is -0.452 e. The van der Waals surface area contributed by atoms with Gasteiger partial charge in [0.2, 0.25) is 11.8 Å². The molecule has 2 bridgehead atoms. The van der Waals surface area contributed by atoms with E-state index in [1.165, 1.54) is 30.3 Å². The average Bonchev–Trinajstić information content (AvgIpc) is 3.47. The Bertz CT molecular complexity index is 1250. The Kier molecular flexibility index (Phi) is 6.44. The number of nitrogens with zero attached hydrogens (tertiary/aromatic N) is 1. The van der Waals surface area contributed by atoms with Gasteiger partial charge in [-0.15, -0.1) is 23.2 Å². The van der Waals surface area contributed by atoms with Gasteiger partial charge in [0.1, 0.15) is 0 Å². The molecule has 7 nitrogen and oxygen atoms in total. The minimum absolute atomic E-state index is 0.0524. The molecule has 37 heavy (non-hydrogen) atoms. The summed E-state index contributed by atoms with van der Waals surface area (Å²) in [5, 5.41) is 1.50. The Hall–Kier alpha value is -3.11. The number of nitrogens with one attached hydrogen (secondary N) is 1. The number of amides is 3. The lowest BCUT2D eigenvalue weighted by Gasteiger charge is -2.28. The number of imide groups is 1. The molecule has 2 saturated carbocycles. The molecule has 5 rings (SSSR count). The van der Waals surface area contributed by atoms with Crippen LogP contribution in [0.15, 0.2) is 48.5 Å². The number of ether oxygens (including phenoxy) is 1. The number of benzene rings is 2. The second-order valence-corrected chi connectivity index (χ2v) is 10.3. The summed E-state index contributed by atoms with van der Waals surface area (Å²) in [7, 11) is 0. The lowest BCUT2D eigenvalue weighted by Crippen LogP contribution is -2.37. The van der Waals surface area contributed by atoms with Crippen LogP contribution in [0.1, 0.15) is 22.3 Å². The zero-order valence-corrected chi connectivity index (χ0v) is 20.4. The number of carbonyl (C=O) groups is 4. The van der Waals surface area contributed by atoms with Crippen molar-refractivity contribution in [3.8, 4) is 0 Å². The number of alkyl halides is 5. The molecule has 1 saturated heterocycles. The first-order valence-electron chi connectivity index (χ1n) is 11.4. The molecule has 0 radical (unpaired) electrons. The van der Waals surface area contributed by atoms with E-state index in [2.05, 4.69) is 5.32 Å². The SMILES string of the molecule is O=C(COC(=O)c1ccc(N2C(=O)[C@@H]3[C@H]4C[C@@H]([C@H](Cl)[C@H]4Cl)[C@H]3C2=O)cc1)Nc1cccc(C(F)(F)F)c1. The minimum atomic E-state index is -4.57. The average molecular weight is 555 g/mol. The van der Waals surface area contributed by atoms with E-state index < -0.39 is 42.1 Å². The molecule has 2 aromatic rings. The molecule has 3 aliphatic rings. The van der Waals surface area contributed by atoms with Crippen molar-refractivity contribution in [2.45, 2.75) is 23.4 Å². The van der Waals surface area contributed by atoms with Crippen LogP contribution in [-0.4, -0.2) is 41.1 Å². The number of hydrogen-bond donors (Lipinski definition) is 1. The predicted octanol–water partition coefficient (Wildman–Crippen LogP) is 4.47. The highest BCUT2D eigenvalue weighted by atomic mass is 35.5. The fourth-order valence-corrected chi connectivity index (χ4v) is 6.43. The van der Waals surface area contributed by atoms with E-state index in [-0.39, 0.29) is 45.7 Å². The van der Waals surface area contributed by atoms with Crippen molar-refractivity contribution in [2.75, 3.05) is 16.8 Å². The summed E-state index contributed by atoms with van der Waals surface area (Å²) in [5.74, 6) is -3.68. The van der Waals surface area contributed by atoms with Crippen molar-refractivity contribution >= 4 is 58.3 Å². The molecule has 0 spiro atoms. The third-order valence-electron chi connectivity index (χ3n) is 7.16. The quantitative estimate of drug-likeness (QED) is 0.334. The topological polar surface area (TPSA) is 92.8 Å². The Morgan fingerprint density at radius 2 is 1.57 bits per heavy atom. The highest BCUT2D eigenvalue weighted by Gasteiger charge is 2.66. The van der Waals surface area contributed by atoms with Gasteiger partial charge < -0.3 is 10.1 Å². The molecule has 194 valence electrons. The molecule has 12 heteroatoms. The van der Waals surface area contributed by atoms with Crippen molar-refractivity contribution in [2.24, 2.45) is 23.7 Å². The van der Waals surface area contributed by atoms with E-state index in [1.807, 2.05) is 0 Å². The first kappa shape index (κ1) is 25.5. The highest BCUT2D eigenvalue weighted by Crippen LogP contribution is 2.59. The summed E-state index contributed by atoms with van der Waals surface area (Å²) in [6, 6.07) is 9.59. The number of anilines is 2. The Morgan fingerprint density at radius 3 is 2.14 bits per heavy atom. The van der Waals surface area contributed by atoms with Crippen LogP contribution in [0.25, 0.3) is 0 Å². The van der Waals surface area contributed by atoms with E-state index in [0.717, 1.165) is 23.1 Å². The van der Waals surface area contributed by atoms with E-state index in [9.17, 15) is 32.3 Å². The first-order valence-corrected chi connectivity index (χ1v) is 12.2. The molecule has 1 aliphatic heterocycles. The van der Waals surface area contributed by atoms with Crippen LogP contribution >= 0.6 is 23.2 Å². The smallest absolute Gasteiger partial charge is 0.416 e. The molecule has 2 aromatic carbocycles. The number of hydrogen-bond acceptors (Lipinski definition) is 5. The van der Waals surface area contributed by atoms with Gasteiger partial charge in [-0.25, -0.2) is 4.79 Å². The highest BCUT2D eigenvalue weighted by molar-refractivity contribution is 6.32. The molecule has 2 aliphatic carbocycles. The molecule has 0 unspecified atom stereocenters. The molecule has 6 atom stereocenters. The predicted molar refractivity (Wildman–Crippen MR) is 127 cm³/mol. The first-order chi connectivity index (χ1) is 17.5.